The molecular weight excluding hydrogens is 487 g/mol. The number of pyridine rings is 2. The van der Waals surface area contributed by atoms with Gasteiger partial charge in [0.2, 0.25) is 0 Å². The molecule has 1 fully saturated rings. The highest BCUT2D eigenvalue weighted by atomic mass is 19.4. The number of methoxy groups -OCH3 is 1. The first-order valence-corrected chi connectivity index (χ1v) is 11.9. The third-order valence-corrected chi connectivity index (χ3v) is 6.42. The van der Waals surface area contributed by atoms with E-state index in [9.17, 15) is 18.3 Å². The molecule has 1 saturated heterocycles. The molecule has 1 aromatic carbocycles. The third kappa shape index (κ3) is 5.23. The maximum Gasteiger partial charge on any atom is 0.433 e. The Balaban J connectivity index is 1.67. The quantitative estimate of drug-likeness (QED) is 0.372. The average Bonchev–Trinajstić information content (AvgIpc) is 3.28. The second-order valence-electron chi connectivity index (χ2n) is 8.82. The zero-order chi connectivity index (χ0) is 26.0. The van der Waals surface area contributed by atoms with Gasteiger partial charge in [0.15, 0.2) is 0 Å². The summed E-state index contributed by atoms with van der Waals surface area (Å²) in [5.41, 5.74) is 1.27. The summed E-state index contributed by atoms with van der Waals surface area (Å²) in [5.74, 6) is 1.24. The van der Waals surface area contributed by atoms with Crippen molar-refractivity contribution in [2.24, 2.45) is 0 Å². The summed E-state index contributed by atoms with van der Waals surface area (Å²) in [6.45, 7) is 1.11. The van der Waals surface area contributed by atoms with Crippen molar-refractivity contribution in [1.29, 1.82) is 0 Å². The van der Waals surface area contributed by atoms with Gasteiger partial charge in [-0.25, -0.2) is 4.98 Å². The van der Waals surface area contributed by atoms with Crippen LogP contribution in [0.25, 0.3) is 22.2 Å². The lowest BCUT2D eigenvalue weighted by Gasteiger charge is -2.24. The molecule has 0 spiro atoms. The third-order valence-electron chi connectivity index (χ3n) is 6.42. The summed E-state index contributed by atoms with van der Waals surface area (Å²) in [7, 11) is 1.59. The molecule has 2 N–H and O–H groups in total. The molecule has 0 amide bonds. The van der Waals surface area contributed by atoms with Gasteiger partial charge < -0.3 is 19.9 Å². The maximum absolute atomic E-state index is 13.6. The largest absolute Gasteiger partial charge is 0.497 e. The van der Waals surface area contributed by atoms with Crippen LogP contribution in [0.1, 0.15) is 29.7 Å². The Labute approximate surface area is 211 Å². The molecule has 1 aliphatic heterocycles. The number of aliphatic hydroxyl groups excluding tert-OH is 1. The minimum atomic E-state index is -4.65. The van der Waals surface area contributed by atoms with E-state index >= 15 is 0 Å². The Morgan fingerprint density at radius 3 is 2.57 bits per heavy atom. The highest BCUT2D eigenvalue weighted by Crippen LogP contribution is 2.38. The van der Waals surface area contributed by atoms with Crippen molar-refractivity contribution in [3.8, 4) is 17.0 Å². The van der Waals surface area contributed by atoms with E-state index in [0.29, 0.717) is 47.9 Å². The Morgan fingerprint density at radius 2 is 1.89 bits per heavy atom. The number of rotatable bonds is 7. The molecule has 0 saturated carbocycles. The SMILES string of the molecule is COc1ccc(Cn2nc(-c3cc(C(F)(F)F)ncc3CO)c3c(NC4CCOCC4)nccc32)cc1. The molecule has 0 radical (unpaired) electrons. The van der Waals surface area contributed by atoms with Crippen LogP contribution < -0.4 is 10.1 Å². The van der Waals surface area contributed by atoms with Gasteiger partial charge in [-0.3, -0.25) is 9.67 Å². The van der Waals surface area contributed by atoms with Crippen LogP contribution in [-0.4, -0.2) is 51.2 Å². The number of hydrogen-bond acceptors (Lipinski definition) is 7. The Kier molecular flexibility index (Phi) is 6.98. The van der Waals surface area contributed by atoms with Crippen molar-refractivity contribution in [3.05, 3.63) is 65.6 Å². The molecule has 1 aliphatic rings. The number of fused-ring (bicyclic) bond motifs is 1. The molecule has 37 heavy (non-hydrogen) atoms. The van der Waals surface area contributed by atoms with Crippen LogP contribution in [0.3, 0.4) is 0 Å². The first-order valence-electron chi connectivity index (χ1n) is 11.9. The minimum Gasteiger partial charge on any atom is -0.497 e. The van der Waals surface area contributed by atoms with Gasteiger partial charge in [0.05, 0.1) is 31.2 Å². The lowest BCUT2D eigenvalue weighted by molar-refractivity contribution is -0.141. The number of aromatic nitrogens is 4. The first kappa shape index (κ1) is 25.0. The first-order chi connectivity index (χ1) is 17.9. The maximum atomic E-state index is 13.6. The minimum absolute atomic E-state index is 0.102. The molecule has 0 unspecified atom stereocenters. The number of nitrogens with zero attached hydrogens (tertiary/aromatic N) is 4. The fourth-order valence-electron chi connectivity index (χ4n) is 4.47. The van der Waals surface area contributed by atoms with Crippen LogP contribution in [0.15, 0.2) is 48.8 Å². The van der Waals surface area contributed by atoms with E-state index in [0.717, 1.165) is 30.7 Å². The molecule has 5 rings (SSSR count). The fraction of sp³-hybridized carbons (Fsp3) is 0.346. The molecule has 0 bridgehead atoms. The lowest BCUT2D eigenvalue weighted by Crippen LogP contribution is -2.28. The zero-order valence-corrected chi connectivity index (χ0v) is 20.1. The molecule has 11 heteroatoms. The van der Waals surface area contributed by atoms with E-state index in [1.807, 2.05) is 24.3 Å². The number of benzene rings is 1. The van der Waals surface area contributed by atoms with Crippen molar-refractivity contribution in [1.82, 2.24) is 19.7 Å². The zero-order valence-electron chi connectivity index (χ0n) is 20.1. The van der Waals surface area contributed by atoms with E-state index in [1.54, 1.807) is 24.1 Å². The summed E-state index contributed by atoms with van der Waals surface area (Å²) >= 11 is 0. The standard InChI is InChI=1S/C26H26F3N5O3/c1-36-19-4-2-16(3-5-19)14-34-21-6-9-30-25(32-18-7-10-37-11-8-18)23(21)24(33-34)20-12-22(26(27,28)29)31-13-17(20)15-35/h2-6,9,12-13,18,35H,7-8,10-11,14-15H2,1H3,(H,30,32). The Morgan fingerprint density at radius 1 is 1.14 bits per heavy atom. The molecule has 0 atom stereocenters. The predicted octanol–water partition coefficient (Wildman–Crippen LogP) is 4.65. The number of halogens is 3. The highest BCUT2D eigenvalue weighted by Gasteiger charge is 2.34. The van der Waals surface area contributed by atoms with Crippen LogP contribution in [0.2, 0.25) is 0 Å². The number of alkyl halides is 3. The van der Waals surface area contributed by atoms with Gasteiger partial charge in [-0.15, -0.1) is 0 Å². The van der Waals surface area contributed by atoms with Crippen LogP contribution in [0.5, 0.6) is 5.75 Å². The van der Waals surface area contributed by atoms with E-state index < -0.39 is 18.5 Å². The fourth-order valence-corrected chi connectivity index (χ4v) is 4.47. The number of nitrogens with one attached hydrogen (secondary N) is 1. The summed E-state index contributed by atoms with van der Waals surface area (Å²) in [6.07, 6.45) is -0.383. The van der Waals surface area contributed by atoms with Crippen LogP contribution in [0.4, 0.5) is 19.0 Å². The molecule has 4 aromatic rings. The Hall–Kier alpha value is -3.70. The van der Waals surface area contributed by atoms with Gasteiger partial charge in [0.1, 0.15) is 23.0 Å². The van der Waals surface area contributed by atoms with Gasteiger partial charge in [-0.2, -0.15) is 18.3 Å². The van der Waals surface area contributed by atoms with Crippen molar-refractivity contribution >= 4 is 16.7 Å². The monoisotopic (exact) mass is 513 g/mol. The summed E-state index contributed by atoms with van der Waals surface area (Å²) in [6, 6.07) is 10.3. The molecule has 4 heterocycles. The number of anilines is 1. The topological polar surface area (TPSA) is 94.3 Å². The second kappa shape index (κ2) is 10.3. The second-order valence-corrected chi connectivity index (χ2v) is 8.82. The van der Waals surface area contributed by atoms with E-state index in [4.69, 9.17) is 14.6 Å². The van der Waals surface area contributed by atoms with E-state index in [1.165, 1.54) is 0 Å². The Bertz CT molecular complexity index is 1380. The van der Waals surface area contributed by atoms with Gasteiger partial charge in [0.25, 0.3) is 0 Å². The van der Waals surface area contributed by atoms with Crippen LogP contribution in [0, 0.1) is 0 Å². The van der Waals surface area contributed by atoms with Crippen molar-refractivity contribution < 1.29 is 27.8 Å². The van der Waals surface area contributed by atoms with Gasteiger partial charge in [-0.1, -0.05) is 12.1 Å². The predicted molar refractivity (Wildman–Crippen MR) is 131 cm³/mol. The lowest BCUT2D eigenvalue weighted by atomic mass is 10.0. The molecular formula is C26H26F3N5O3. The molecule has 3 aromatic heterocycles. The van der Waals surface area contributed by atoms with Crippen LogP contribution >= 0.6 is 0 Å². The average molecular weight is 514 g/mol. The van der Waals surface area contributed by atoms with E-state index in [2.05, 4.69) is 15.3 Å². The number of aliphatic hydroxyl groups is 1. The van der Waals surface area contributed by atoms with E-state index in [-0.39, 0.29) is 17.2 Å². The molecule has 194 valence electrons. The summed E-state index contributed by atoms with van der Waals surface area (Å²) in [5, 5.41) is 18.7. The van der Waals surface area contributed by atoms with Crippen LogP contribution in [-0.2, 0) is 24.1 Å². The summed E-state index contributed by atoms with van der Waals surface area (Å²) < 4.78 is 53.2. The normalized spacial score (nSPS) is 14.7. The van der Waals surface area contributed by atoms with Gasteiger partial charge in [-0.05, 0) is 42.7 Å². The number of ether oxygens (including phenoxy) is 2. The highest BCUT2D eigenvalue weighted by molar-refractivity contribution is 6.01. The van der Waals surface area contributed by atoms with Gasteiger partial charge in [0, 0.05) is 42.8 Å². The van der Waals surface area contributed by atoms with Crippen molar-refractivity contribution in [2.45, 2.75) is 38.2 Å². The van der Waals surface area contributed by atoms with Crippen molar-refractivity contribution in [2.75, 3.05) is 25.6 Å². The molecule has 8 nitrogen and oxygen atoms in total. The van der Waals surface area contributed by atoms with Crippen molar-refractivity contribution in [3.63, 3.8) is 0 Å². The smallest absolute Gasteiger partial charge is 0.433 e. The van der Waals surface area contributed by atoms with Gasteiger partial charge >= 0.3 is 6.18 Å². The molecule has 0 aliphatic carbocycles. The summed E-state index contributed by atoms with van der Waals surface area (Å²) in [4.78, 5) is 8.05. The number of hydrogen-bond donors (Lipinski definition) is 2.